The van der Waals surface area contributed by atoms with Crippen LogP contribution in [0.5, 0.6) is 0 Å². The van der Waals surface area contributed by atoms with Crippen LogP contribution in [0.1, 0.15) is 187 Å². The zero-order valence-corrected chi connectivity index (χ0v) is 29.3. The molecule has 0 saturated carbocycles. The van der Waals surface area contributed by atoms with Crippen molar-refractivity contribution in [1.29, 1.82) is 0 Å². The predicted molar refractivity (Wildman–Crippen MR) is 184 cm³/mol. The first-order valence-electron chi connectivity index (χ1n) is 18.9. The number of hydrogen-bond acceptors (Lipinski definition) is 4. The van der Waals surface area contributed by atoms with Crippen molar-refractivity contribution in [2.75, 3.05) is 26.2 Å². The van der Waals surface area contributed by atoms with Crippen LogP contribution in [0, 0.1) is 0 Å². The molecule has 7 nitrogen and oxygen atoms in total. The van der Waals surface area contributed by atoms with E-state index in [0.717, 1.165) is 56.3 Å². The fourth-order valence-corrected chi connectivity index (χ4v) is 6.41. The van der Waals surface area contributed by atoms with E-state index in [4.69, 9.17) is 10.2 Å². The Morgan fingerprint density at radius 2 is 0.778 bits per heavy atom. The lowest BCUT2D eigenvalue weighted by molar-refractivity contribution is -0.929. The number of nitrogens with zero attached hydrogens (tertiary/aromatic N) is 1. The van der Waals surface area contributed by atoms with E-state index in [1.807, 2.05) is 0 Å². The normalized spacial score (nSPS) is 11.8. The third-order valence-corrected chi connectivity index (χ3v) is 9.20. The van der Waals surface area contributed by atoms with Crippen LogP contribution in [0.15, 0.2) is 12.2 Å². The number of allylic oxidation sites excluding steroid dienone is 2. The summed E-state index contributed by atoms with van der Waals surface area (Å²) in [5.41, 5.74) is 0. The Hall–Kier alpha value is -1.89. The van der Waals surface area contributed by atoms with Gasteiger partial charge in [0.25, 0.3) is 0 Å². The van der Waals surface area contributed by atoms with Crippen molar-refractivity contribution in [2.45, 2.75) is 187 Å². The molecule has 0 aliphatic heterocycles. The van der Waals surface area contributed by atoms with Crippen LogP contribution < -0.4 is 5.11 Å². The van der Waals surface area contributed by atoms with Gasteiger partial charge in [0.1, 0.15) is 0 Å². The molecule has 0 aromatic heterocycles. The van der Waals surface area contributed by atoms with Crippen LogP contribution in [0.3, 0.4) is 0 Å². The number of quaternary nitrogens is 1. The van der Waals surface area contributed by atoms with Crippen LogP contribution in [0.4, 0.5) is 0 Å². The molecule has 0 rings (SSSR count). The SMILES string of the molecule is CCCCCC/C=C/CCCCCCCCCCCCCCC[N+](CCCCC(=O)[O-])(CCCCC(=O)O)CCCCC(=O)O. The monoisotopic (exact) mass is 638 g/mol. The number of carbonyl (C=O) groups excluding carboxylic acids is 1. The summed E-state index contributed by atoms with van der Waals surface area (Å²) in [6.45, 7) is 5.88. The minimum Gasteiger partial charge on any atom is -0.550 e. The van der Waals surface area contributed by atoms with Crippen molar-refractivity contribution in [3.8, 4) is 0 Å². The molecule has 0 fully saturated rings. The van der Waals surface area contributed by atoms with Gasteiger partial charge in [-0.3, -0.25) is 9.59 Å². The molecule has 0 aliphatic carbocycles. The van der Waals surface area contributed by atoms with Crippen LogP contribution in [-0.2, 0) is 14.4 Å². The van der Waals surface area contributed by atoms with Gasteiger partial charge in [-0.05, 0) is 83.5 Å². The van der Waals surface area contributed by atoms with E-state index in [0.29, 0.717) is 19.3 Å². The Labute approximate surface area is 276 Å². The predicted octanol–water partition coefficient (Wildman–Crippen LogP) is 9.22. The number of hydrogen-bond donors (Lipinski definition) is 2. The molecule has 0 atom stereocenters. The van der Waals surface area contributed by atoms with Gasteiger partial charge in [-0.2, -0.15) is 0 Å². The third-order valence-electron chi connectivity index (χ3n) is 9.20. The molecule has 45 heavy (non-hydrogen) atoms. The minimum atomic E-state index is -1.02. The van der Waals surface area contributed by atoms with Gasteiger partial charge in [0, 0.05) is 18.8 Å². The average molecular weight is 638 g/mol. The lowest BCUT2D eigenvalue weighted by Crippen LogP contribution is -2.51. The van der Waals surface area contributed by atoms with Gasteiger partial charge in [0.2, 0.25) is 0 Å². The summed E-state index contributed by atoms with van der Waals surface area (Å²) >= 11 is 0. The second-order valence-corrected chi connectivity index (χ2v) is 13.5. The molecule has 0 aromatic carbocycles. The summed E-state index contributed by atoms with van der Waals surface area (Å²) < 4.78 is 0.849. The molecule has 0 aliphatic rings. The van der Waals surface area contributed by atoms with Crippen LogP contribution >= 0.6 is 0 Å². The standard InChI is InChI=1S/C38H71NO6/c1-2-3-4-5-6-7-8-9-10-11-12-13-14-15-16-17-18-19-20-21-25-32-39(33-26-22-29-36(40)41,34-27-23-30-37(42)43)35-28-24-31-38(44)45/h7-8H,2-6,9-35H2,1H3,(H2-,40,41,42,43,44,45)/b8-7+. The smallest absolute Gasteiger partial charge is 0.303 e. The van der Waals surface area contributed by atoms with Crippen molar-refractivity contribution < 1.29 is 34.2 Å². The van der Waals surface area contributed by atoms with E-state index in [9.17, 15) is 19.5 Å². The van der Waals surface area contributed by atoms with E-state index in [1.54, 1.807) is 0 Å². The summed E-state index contributed by atoms with van der Waals surface area (Å²) in [6.07, 6.45) is 34.3. The average Bonchev–Trinajstić information content (AvgIpc) is 3.00. The fourth-order valence-electron chi connectivity index (χ4n) is 6.41. The molecule has 264 valence electrons. The van der Waals surface area contributed by atoms with Gasteiger partial charge >= 0.3 is 11.9 Å². The van der Waals surface area contributed by atoms with E-state index in [-0.39, 0.29) is 19.3 Å². The highest BCUT2D eigenvalue weighted by molar-refractivity contribution is 5.66. The number of carboxylic acid groups (broad SMARTS) is 3. The summed E-state index contributed by atoms with van der Waals surface area (Å²) in [5, 5.41) is 29.0. The van der Waals surface area contributed by atoms with Crippen LogP contribution in [0.25, 0.3) is 0 Å². The first kappa shape index (κ1) is 43.1. The molecular formula is C38H71NO6. The molecule has 0 unspecified atom stereocenters. The van der Waals surface area contributed by atoms with E-state index < -0.39 is 17.9 Å². The third kappa shape index (κ3) is 31.9. The molecule has 7 heteroatoms. The summed E-state index contributed by atoms with van der Waals surface area (Å²) in [5.74, 6) is -2.56. The molecular weight excluding hydrogens is 566 g/mol. The number of rotatable bonds is 36. The first-order chi connectivity index (χ1) is 21.8. The lowest BCUT2D eigenvalue weighted by Gasteiger charge is -2.39. The maximum atomic E-state index is 11.0. The highest BCUT2D eigenvalue weighted by Crippen LogP contribution is 2.20. The Morgan fingerprint density at radius 1 is 0.467 bits per heavy atom. The van der Waals surface area contributed by atoms with Gasteiger partial charge in [0.15, 0.2) is 0 Å². The zero-order chi connectivity index (χ0) is 33.3. The maximum Gasteiger partial charge on any atom is 0.303 e. The number of aliphatic carboxylic acids is 3. The summed E-state index contributed by atoms with van der Waals surface area (Å²) in [6, 6.07) is 0. The van der Waals surface area contributed by atoms with Crippen molar-refractivity contribution in [2.24, 2.45) is 0 Å². The topological polar surface area (TPSA) is 115 Å². The van der Waals surface area contributed by atoms with Gasteiger partial charge in [-0.15, -0.1) is 0 Å². The number of carbonyl (C=O) groups is 3. The molecule has 0 spiro atoms. The Balaban J connectivity index is 4.19. The van der Waals surface area contributed by atoms with Crippen LogP contribution in [0.2, 0.25) is 0 Å². The number of unbranched alkanes of at least 4 members (excludes halogenated alkanes) is 20. The van der Waals surface area contributed by atoms with Gasteiger partial charge in [-0.1, -0.05) is 103 Å². The van der Waals surface area contributed by atoms with Crippen molar-refractivity contribution in [1.82, 2.24) is 0 Å². The summed E-state index contributed by atoms with van der Waals surface area (Å²) in [7, 11) is 0. The molecule has 0 heterocycles. The second kappa shape index (κ2) is 32.1. The van der Waals surface area contributed by atoms with Crippen LogP contribution in [-0.4, -0.2) is 58.8 Å². The zero-order valence-electron chi connectivity index (χ0n) is 29.3. The van der Waals surface area contributed by atoms with Gasteiger partial charge < -0.3 is 24.6 Å². The van der Waals surface area contributed by atoms with Gasteiger partial charge in [-0.25, -0.2) is 0 Å². The quantitative estimate of drug-likeness (QED) is 0.0402. The molecule has 0 bridgehead atoms. The first-order valence-corrected chi connectivity index (χ1v) is 18.9. The number of carboxylic acids is 3. The highest BCUT2D eigenvalue weighted by Gasteiger charge is 2.26. The molecule has 2 N–H and O–H groups in total. The highest BCUT2D eigenvalue weighted by atomic mass is 16.4. The van der Waals surface area contributed by atoms with Crippen molar-refractivity contribution in [3.05, 3.63) is 12.2 Å². The largest absolute Gasteiger partial charge is 0.550 e. The second-order valence-electron chi connectivity index (χ2n) is 13.5. The molecule has 0 radical (unpaired) electrons. The molecule has 0 saturated heterocycles. The maximum absolute atomic E-state index is 11.0. The molecule has 0 aromatic rings. The van der Waals surface area contributed by atoms with Crippen molar-refractivity contribution >= 4 is 17.9 Å². The Kier molecular flexibility index (Phi) is 30.7. The summed E-state index contributed by atoms with van der Waals surface area (Å²) in [4.78, 5) is 33.0. The lowest BCUT2D eigenvalue weighted by atomic mass is 10.0. The fraction of sp³-hybridized carbons (Fsp3) is 0.868. The Morgan fingerprint density at radius 3 is 1.13 bits per heavy atom. The van der Waals surface area contributed by atoms with Crippen molar-refractivity contribution in [3.63, 3.8) is 0 Å². The van der Waals surface area contributed by atoms with Gasteiger partial charge in [0.05, 0.1) is 26.2 Å². The molecule has 0 amide bonds. The van der Waals surface area contributed by atoms with E-state index >= 15 is 0 Å². The Bertz CT molecular complexity index is 683. The van der Waals surface area contributed by atoms with E-state index in [1.165, 1.54) is 116 Å². The minimum absolute atomic E-state index is 0.0647. The van der Waals surface area contributed by atoms with E-state index in [2.05, 4.69) is 19.1 Å².